The summed E-state index contributed by atoms with van der Waals surface area (Å²) in [6.45, 7) is 4.22. The molecule has 0 aliphatic rings. The predicted octanol–water partition coefficient (Wildman–Crippen LogP) is 2.21. The summed E-state index contributed by atoms with van der Waals surface area (Å²) in [6.07, 6.45) is 5.01. The van der Waals surface area contributed by atoms with Gasteiger partial charge in [-0.15, -0.1) is 0 Å². The lowest BCUT2D eigenvalue weighted by molar-refractivity contribution is 1.06. The van der Waals surface area contributed by atoms with E-state index in [2.05, 4.69) is 41.6 Å². The highest BCUT2D eigenvalue weighted by atomic mass is 15.0. The molecule has 0 saturated heterocycles. The topological polar surface area (TPSA) is 17.3 Å². The lowest BCUT2D eigenvalue weighted by Gasteiger charge is -1.99. The normalized spacial score (nSPS) is 10.8. The fourth-order valence-electron chi connectivity index (χ4n) is 1.47. The van der Waals surface area contributed by atoms with Crippen molar-refractivity contribution >= 4 is 5.65 Å². The van der Waals surface area contributed by atoms with Gasteiger partial charge in [0.25, 0.3) is 0 Å². The van der Waals surface area contributed by atoms with Crippen LogP contribution >= 0.6 is 0 Å². The Morgan fingerprint density at radius 2 is 2.33 bits per heavy atom. The van der Waals surface area contributed by atoms with Gasteiger partial charge in [0.15, 0.2) is 0 Å². The largest absolute Gasteiger partial charge is 0.304 e. The first-order valence-electron chi connectivity index (χ1n) is 4.24. The highest BCUT2D eigenvalue weighted by Crippen LogP contribution is 2.11. The van der Waals surface area contributed by atoms with Crippen LogP contribution in [0.2, 0.25) is 0 Å². The number of hydrogen-bond acceptors (Lipinski definition) is 1. The molecule has 0 amide bonds. The Hall–Kier alpha value is -1.31. The molecule has 0 fully saturated rings. The zero-order valence-corrected chi connectivity index (χ0v) is 7.41. The lowest BCUT2D eigenvalue weighted by atomic mass is 10.2. The minimum absolute atomic E-state index is 1.04. The Labute approximate surface area is 71.9 Å². The van der Waals surface area contributed by atoms with Crippen LogP contribution in [0.4, 0.5) is 0 Å². The van der Waals surface area contributed by atoms with E-state index in [0.717, 1.165) is 12.1 Å². The molecule has 0 N–H and O–H groups in total. The van der Waals surface area contributed by atoms with E-state index in [1.807, 2.05) is 6.20 Å². The summed E-state index contributed by atoms with van der Waals surface area (Å²) in [5.41, 5.74) is 3.60. The molecule has 12 heavy (non-hydrogen) atoms. The van der Waals surface area contributed by atoms with Gasteiger partial charge in [0.05, 0.1) is 0 Å². The monoisotopic (exact) mass is 160 g/mol. The van der Waals surface area contributed by atoms with Gasteiger partial charge in [-0.05, 0) is 25.0 Å². The average molecular weight is 160 g/mol. The molecule has 2 heterocycles. The maximum absolute atomic E-state index is 4.35. The van der Waals surface area contributed by atoms with Crippen molar-refractivity contribution < 1.29 is 0 Å². The van der Waals surface area contributed by atoms with Crippen molar-refractivity contribution in [3.63, 3.8) is 0 Å². The minimum atomic E-state index is 1.04. The number of imidazole rings is 1. The maximum Gasteiger partial charge on any atom is 0.140 e. The van der Waals surface area contributed by atoms with Gasteiger partial charge in [-0.1, -0.05) is 13.0 Å². The molecule has 0 aromatic carbocycles. The van der Waals surface area contributed by atoms with Gasteiger partial charge in [0.2, 0.25) is 0 Å². The summed E-state index contributed by atoms with van der Waals surface area (Å²) >= 11 is 0. The quantitative estimate of drug-likeness (QED) is 0.625. The molecule has 0 radical (unpaired) electrons. The van der Waals surface area contributed by atoms with Gasteiger partial charge in [-0.2, -0.15) is 0 Å². The number of aryl methyl sites for hydroxylation is 2. The van der Waals surface area contributed by atoms with Crippen LogP contribution in [0.5, 0.6) is 0 Å². The van der Waals surface area contributed by atoms with Crippen molar-refractivity contribution in [2.75, 3.05) is 0 Å². The van der Waals surface area contributed by atoms with Crippen molar-refractivity contribution in [2.45, 2.75) is 20.3 Å². The van der Waals surface area contributed by atoms with E-state index in [-0.39, 0.29) is 0 Å². The fraction of sp³-hybridized carbons (Fsp3) is 0.300. The van der Waals surface area contributed by atoms with Crippen molar-refractivity contribution in [1.82, 2.24) is 9.38 Å². The van der Waals surface area contributed by atoms with E-state index in [1.165, 1.54) is 11.3 Å². The molecular weight excluding hydrogens is 148 g/mol. The third kappa shape index (κ3) is 0.916. The highest BCUT2D eigenvalue weighted by Gasteiger charge is 2.01. The summed E-state index contributed by atoms with van der Waals surface area (Å²) in [4.78, 5) is 4.35. The molecular formula is C10H12N2. The van der Waals surface area contributed by atoms with Crippen LogP contribution < -0.4 is 0 Å². The minimum Gasteiger partial charge on any atom is -0.304 e. The first-order valence-corrected chi connectivity index (χ1v) is 4.24. The summed E-state index contributed by atoms with van der Waals surface area (Å²) in [5.74, 6) is 0. The first-order chi connectivity index (χ1) is 5.83. The third-order valence-corrected chi connectivity index (χ3v) is 2.18. The Morgan fingerprint density at radius 3 is 3.08 bits per heavy atom. The molecule has 0 saturated carbocycles. The lowest BCUT2D eigenvalue weighted by Crippen LogP contribution is -1.90. The van der Waals surface area contributed by atoms with Crippen LogP contribution in [0.25, 0.3) is 5.65 Å². The van der Waals surface area contributed by atoms with E-state index < -0.39 is 0 Å². The van der Waals surface area contributed by atoms with Gasteiger partial charge in [-0.25, -0.2) is 4.98 Å². The molecule has 0 unspecified atom stereocenters. The maximum atomic E-state index is 4.35. The standard InChI is InChI=1S/C10H12N2/c1-3-9-5-4-6-12-8(2)7-11-10(9)12/h4-7H,3H2,1-2H3. The Bertz CT molecular complexity index is 401. The number of fused-ring (bicyclic) bond motifs is 1. The van der Waals surface area contributed by atoms with Gasteiger partial charge in [-0.3, -0.25) is 0 Å². The van der Waals surface area contributed by atoms with Crippen molar-refractivity contribution in [3.8, 4) is 0 Å². The van der Waals surface area contributed by atoms with E-state index >= 15 is 0 Å². The van der Waals surface area contributed by atoms with E-state index in [0.29, 0.717) is 0 Å². The molecule has 0 aliphatic carbocycles. The van der Waals surface area contributed by atoms with Crippen LogP contribution in [0, 0.1) is 6.92 Å². The molecule has 2 rings (SSSR count). The van der Waals surface area contributed by atoms with Crippen molar-refractivity contribution in [2.24, 2.45) is 0 Å². The highest BCUT2D eigenvalue weighted by molar-refractivity contribution is 5.48. The molecule has 2 aromatic heterocycles. The Kier molecular flexibility index (Phi) is 1.61. The molecule has 0 aliphatic heterocycles. The molecule has 0 atom stereocenters. The van der Waals surface area contributed by atoms with Crippen LogP contribution in [0.1, 0.15) is 18.2 Å². The fourth-order valence-corrected chi connectivity index (χ4v) is 1.47. The number of pyridine rings is 1. The summed E-state index contributed by atoms with van der Waals surface area (Å²) in [6, 6.07) is 4.20. The second-order valence-corrected chi connectivity index (χ2v) is 2.98. The molecule has 2 aromatic rings. The smallest absolute Gasteiger partial charge is 0.140 e. The van der Waals surface area contributed by atoms with E-state index in [1.54, 1.807) is 0 Å². The van der Waals surface area contributed by atoms with Crippen LogP contribution in [-0.2, 0) is 6.42 Å². The van der Waals surface area contributed by atoms with Gasteiger partial charge in [0.1, 0.15) is 5.65 Å². The third-order valence-electron chi connectivity index (χ3n) is 2.18. The predicted molar refractivity (Wildman–Crippen MR) is 49.3 cm³/mol. The molecule has 0 bridgehead atoms. The SMILES string of the molecule is CCc1cccn2c(C)cnc12. The van der Waals surface area contributed by atoms with Crippen LogP contribution in [-0.4, -0.2) is 9.38 Å². The summed E-state index contributed by atoms with van der Waals surface area (Å²) < 4.78 is 2.12. The van der Waals surface area contributed by atoms with Crippen molar-refractivity contribution in [1.29, 1.82) is 0 Å². The second-order valence-electron chi connectivity index (χ2n) is 2.98. The van der Waals surface area contributed by atoms with Crippen LogP contribution in [0.3, 0.4) is 0 Å². The van der Waals surface area contributed by atoms with Crippen LogP contribution in [0.15, 0.2) is 24.5 Å². The van der Waals surface area contributed by atoms with E-state index in [4.69, 9.17) is 0 Å². The molecule has 62 valence electrons. The summed E-state index contributed by atoms with van der Waals surface area (Å²) in [7, 11) is 0. The van der Waals surface area contributed by atoms with Gasteiger partial charge < -0.3 is 4.40 Å². The molecule has 0 spiro atoms. The van der Waals surface area contributed by atoms with Gasteiger partial charge >= 0.3 is 0 Å². The van der Waals surface area contributed by atoms with Gasteiger partial charge in [0, 0.05) is 18.1 Å². The Morgan fingerprint density at radius 1 is 1.50 bits per heavy atom. The number of rotatable bonds is 1. The zero-order chi connectivity index (χ0) is 8.55. The number of nitrogens with zero attached hydrogens (tertiary/aromatic N) is 2. The average Bonchev–Trinajstić information content (AvgIpc) is 2.48. The second kappa shape index (κ2) is 2.63. The zero-order valence-electron chi connectivity index (χ0n) is 7.41. The summed E-state index contributed by atoms with van der Waals surface area (Å²) in [5, 5.41) is 0. The first kappa shape index (κ1) is 7.35. The Balaban J connectivity index is 2.81. The van der Waals surface area contributed by atoms with E-state index in [9.17, 15) is 0 Å². The molecule has 2 nitrogen and oxygen atoms in total. The number of hydrogen-bond donors (Lipinski definition) is 0. The van der Waals surface area contributed by atoms with Crippen molar-refractivity contribution in [3.05, 3.63) is 35.8 Å². The number of aromatic nitrogens is 2. The molecule has 2 heteroatoms.